The number of anilines is 3. The Hall–Kier alpha value is -4.51. The van der Waals surface area contributed by atoms with Crippen molar-refractivity contribution >= 4 is 34.4 Å². The zero-order valence-corrected chi connectivity index (χ0v) is 21.6. The van der Waals surface area contributed by atoms with Crippen LogP contribution in [-0.2, 0) is 24.3 Å². The highest BCUT2D eigenvalue weighted by molar-refractivity contribution is 5.96. The fourth-order valence-corrected chi connectivity index (χ4v) is 5.46. The first-order valence-electron chi connectivity index (χ1n) is 13.2. The molecule has 4 aromatic rings. The zero-order valence-electron chi connectivity index (χ0n) is 21.6. The number of benzene rings is 1. The van der Waals surface area contributed by atoms with Crippen molar-refractivity contribution in [3.63, 3.8) is 0 Å². The average Bonchev–Trinajstić information content (AvgIpc) is 3.21. The van der Waals surface area contributed by atoms with Crippen LogP contribution >= 0.6 is 0 Å². The second-order valence-electron chi connectivity index (χ2n) is 10.2. The van der Waals surface area contributed by atoms with Gasteiger partial charge < -0.3 is 15.0 Å². The van der Waals surface area contributed by atoms with E-state index in [4.69, 9.17) is 14.7 Å². The number of carbonyl (C=O) groups is 1. The van der Waals surface area contributed by atoms with Gasteiger partial charge in [-0.25, -0.2) is 19.3 Å². The highest BCUT2D eigenvalue weighted by Gasteiger charge is 2.28. The number of aromatic nitrogens is 5. The maximum atomic E-state index is 13.5. The Morgan fingerprint density at radius 3 is 2.87 bits per heavy atom. The van der Waals surface area contributed by atoms with Crippen LogP contribution in [0.25, 0.3) is 16.9 Å². The molecule has 2 bridgehead atoms. The van der Waals surface area contributed by atoms with Gasteiger partial charge in [-0.05, 0) is 61.7 Å². The summed E-state index contributed by atoms with van der Waals surface area (Å²) in [6.45, 7) is 2.85. The fourth-order valence-electron chi connectivity index (χ4n) is 5.46. The molecule has 3 aromatic heterocycles. The van der Waals surface area contributed by atoms with Gasteiger partial charge in [0.15, 0.2) is 29.6 Å². The lowest BCUT2D eigenvalue weighted by molar-refractivity contribution is -0.121. The van der Waals surface area contributed by atoms with Crippen LogP contribution in [0.2, 0.25) is 0 Å². The van der Waals surface area contributed by atoms with Gasteiger partial charge in [-0.15, -0.1) is 0 Å². The fraction of sp³-hybridized carbons (Fsp3) is 0.321. The maximum absolute atomic E-state index is 13.5. The van der Waals surface area contributed by atoms with Gasteiger partial charge in [0, 0.05) is 31.5 Å². The Morgan fingerprint density at radius 1 is 1.03 bits per heavy atom. The average molecular weight is 525 g/mol. The van der Waals surface area contributed by atoms with Gasteiger partial charge in [-0.1, -0.05) is 18.2 Å². The number of amides is 1. The van der Waals surface area contributed by atoms with Crippen molar-refractivity contribution in [2.24, 2.45) is 0 Å². The molecule has 1 N–H and O–H groups in total. The topological polar surface area (TPSA) is 110 Å². The van der Waals surface area contributed by atoms with Gasteiger partial charge in [0.2, 0.25) is 5.95 Å². The van der Waals surface area contributed by atoms with Crippen LogP contribution in [0.3, 0.4) is 0 Å². The molecule has 0 radical (unpaired) electrons. The molecule has 11 nitrogen and oxygen atoms in total. The number of ether oxygens (including phenoxy) is 1. The van der Waals surface area contributed by atoms with E-state index in [1.165, 1.54) is 11.1 Å². The molecule has 0 saturated heterocycles. The number of hydrogen-bond donors (Lipinski definition) is 1. The van der Waals surface area contributed by atoms with Crippen molar-refractivity contribution in [3.8, 4) is 11.6 Å². The third kappa shape index (κ3) is 4.15. The van der Waals surface area contributed by atoms with E-state index in [9.17, 15) is 9.59 Å². The molecule has 0 unspecified atom stereocenters. The Labute approximate surface area is 224 Å². The molecular formula is C28H28N8O3. The van der Waals surface area contributed by atoms with Crippen molar-refractivity contribution in [3.05, 3.63) is 70.2 Å². The minimum Gasteiger partial charge on any atom is -0.480 e. The quantitative estimate of drug-likeness (QED) is 0.399. The standard InChI is InChI=1S/C28H28N8O3/c1-33-13-10-18-14-20(7-6-19(18)16-33)30-28-29-15-21-25(32-28)36-23-9-8-22-26(31-23)34(24(37)17-39-22)11-4-2-3-5-12-35(36)27(21)38/h3,5-9,14-15H,2,4,10-13,16-17H2,1H3,(H,29,30,32). The number of nitrogens with zero attached hydrogens (tertiary/aromatic N) is 7. The molecule has 0 aliphatic carbocycles. The molecule has 0 saturated carbocycles. The van der Waals surface area contributed by atoms with Gasteiger partial charge in [-0.2, -0.15) is 4.98 Å². The number of allylic oxidation sites excluding steroid dienone is 2. The van der Waals surface area contributed by atoms with Crippen LogP contribution in [0, 0.1) is 0 Å². The summed E-state index contributed by atoms with van der Waals surface area (Å²) in [4.78, 5) is 44.2. The van der Waals surface area contributed by atoms with Crippen molar-refractivity contribution < 1.29 is 9.53 Å². The van der Waals surface area contributed by atoms with Crippen molar-refractivity contribution in [1.29, 1.82) is 0 Å². The SMILES string of the molecule is CN1CCc2cc(Nc3ncc4c(=O)n5n(c4n3)-c3ccc4c(n3)N(CCCC=CC5)C(=O)CO4)ccc2C1. The Balaban J connectivity index is 1.34. The zero-order chi connectivity index (χ0) is 26.5. The lowest BCUT2D eigenvalue weighted by Gasteiger charge is -2.28. The largest absolute Gasteiger partial charge is 0.480 e. The van der Waals surface area contributed by atoms with Gasteiger partial charge in [-0.3, -0.25) is 14.5 Å². The van der Waals surface area contributed by atoms with Crippen molar-refractivity contribution in [1.82, 2.24) is 29.2 Å². The van der Waals surface area contributed by atoms with Crippen LogP contribution in [0.4, 0.5) is 17.5 Å². The smallest absolute Gasteiger partial charge is 0.278 e. The molecule has 11 heteroatoms. The highest BCUT2D eigenvalue weighted by Crippen LogP contribution is 2.32. The number of nitrogens with one attached hydrogen (secondary N) is 1. The van der Waals surface area contributed by atoms with E-state index in [0.29, 0.717) is 47.5 Å². The molecule has 3 aliphatic rings. The second-order valence-corrected chi connectivity index (χ2v) is 10.2. The van der Waals surface area contributed by atoms with E-state index >= 15 is 0 Å². The van der Waals surface area contributed by atoms with Crippen LogP contribution in [-0.4, -0.2) is 61.9 Å². The summed E-state index contributed by atoms with van der Waals surface area (Å²) in [6, 6.07) is 9.90. The van der Waals surface area contributed by atoms with Crippen molar-refractivity contribution in [2.75, 3.05) is 37.0 Å². The molecule has 198 valence electrons. The van der Waals surface area contributed by atoms with Crippen LogP contribution in [0.15, 0.2) is 53.5 Å². The van der Waals surface area contributed by atoms with E-state index in [2.05, 4.69) is 34.4 Å². The third-order valence-electron chi connectivity index (χ3n) is 7.49. The summed E-state index contributed by atoms with van der Waals surface area (Å²) in [5.41, 5.74) is 3.77. The van der Waals surface area contributed by atoms with Crippen LogP contribution in [0.5, 0.6) is 5.75 Å². The maximum Gasteiger partial charge on any atom is 0.278 e. The van der Waals surface area contributed by atoms with Crippen LogP contribution in [0.1, 0.15) is 24.0 Å². The highest BCUT2D eigenvalue weighted by atomic mass is 16.5. The van der Waals surface area contributed by atoms with Gasteiger partial charge >= 0.3 is 0 Å². The molecule has 39 heavy (non-hydrogen) atoms. The lowest BCUT2D eigenvalue weighted by atomic mass is 9.99. The summed E-state index contributed by atoms with van der Waals surface area (Å²) in [6.07, 6.45) is 8.12. The molecule has 3 aliphatic heterocycles. The lowest BCUT2D eigenvalue weighted by Crippen LogP contribution is -2.40. The number of carbonyl (C=O) groups excluding carboxylic acids is 1. The Morgan fingerprint density at radius 2 is 1.95 bits per heavy atom. The molecular weight excluding hydrogens is 496 g/mol. The summed E-state index contributed by atoms with van der Waals surface area (Å²) < 4.78 is 8.95. The Kier molecular flexibility index (Phi) is 5.66. The number of hydrogen-bond acceptors (Lipinski definition) is 8. The molecule has 6 heterocycles. The van der Waals surface area contributed by atoms with Gasteiger partial charge in [0.25, 0.3) is 11.5 Å². The summed E-state index contributed by atoms with van der Waals surface area (Å²) in [7, 11) is 2.13. The number of pyridine rings is 1. The molecule has 0 fully saturated rings. The first kappa shape index (κ1) is 23.6. The van der Waals surface area contributed by atoms with Gasteiger partial charge in [0.1, 0.15) is 5.39 Å². The van der Waals surface area contributed by atoms with E-state index in [0.717, 1.165) is 38.0 Å². The molecule has 7 rings (SSSR count). The second kappa shape index (κ2) is 9.35. The molecule has 1 aromatic carbocycles. The molecule has 1 amide bonds. The van der Waals surface area contributed by atoms with E-state index in [1.807, 2.05) is 18.2 Å². The Bertz CT molecular complexity index is 1710. The monoisotopic (exact) mass is 524 g/mol. The van der Waals surface area contributed by atoms with E-state index in [1.54, 1.807) is 32.6 Å². The summed E-state index contributed by atoms with van der Waals surface area (Å²) in [5, 5.41) is 3.71. The number of likely N-dealkylation sites (N-methyl/N-ethyl adjacent to an activating group) is 1. The van der Waals surface area contributed by atoms with Crippen molar-refractivity contribution in [2.45, 2.75) is 32.4 Å². The molecule has 0 spiro atoms. The van der Waals surface area contributed by atoms with E-state index in [-0.39, 0.29) is 18.1 Å². The first-order valence-corrected chi connectivity index (χ1v) is 13.2. The summed E-state index contributed by atoms with van der Waals surface area (Å²) in [5.74, 6) is 1.73. The predicted molar refractivity (Wildman–Crippen MR) is 147 cm³/mol. The molecule has 0 atom stereocenters. The minimum absolute atomic E-state index is 0.0112. The number of rotatable bonds is 2. The predicted octanol–water partition coefficient (Wildman–Crippen LogP) is 2.78. The third-order valence-corrected chi connectivity index (χ3v) is 7.49. The first-order chi connectivity index (χ1) is 19.0. The number of fused-ring (bicyclic) bond motifs is 6. The van der Waals surface area contributed by atoms with Crippen LogP contribution < -0.4 is 20.5 Å². The summed E-state index contributed by atoms with van der Waals surface area (Å²) >= 11 is 0. The van der Waals surface area contributed by atoms with Gasteiger partial charge in [0.05, 0.1) is 6.54 Å². The van der Waals surface area contributed by atoms with E-state index < -0.39 is 0 Å². The minimum atomic E-state index is -0.208. The normalized spacial score (nSPS) is 17.2.